The number of aromatic nitrogens is 2. The number of hydrogen-bond donors (Lipinski definition) is 0. The minimum atomic E-state index is 0.974. The Bertz CT molecular complexity index is 2870. The first-order valence-electron chi connectivity index (χ1n) is 17.4. The van der Waals surface area contributed by atoms with Crippen LogP contribution < -0.4 is 0 Å². The zero-order chi connectivity index (χ0) is 33.7. The Morgan fingerprint density at radius 3 is 1.80 bits per heavy atom. The van der Waals surface area contributed by atoms with Crippen molar-refractivity contribution in [3.8, 4) is 55.8 Å². The van der Waals surface area contributed by atoms with Crippen LogP contribution in [-0.4, -0.2) is 9.97 Å². The van der Waals surface area contributed by atoms with Crippen molar-refractivity contribution in [1.82, 2.24) is 9.97 Å². The van der Waals surface area contributed by atoms with E-state index >= 15 is 0 Å². The highest BCUT2D eigenvalue weighted by Crippen LogP contribution is 2.49. The molecule has 0 unspecified atom stereocenters. The van der Waals surface area contributed by atoms with Gasteiger partial charge in [0.1, 0.15) is 0 Å². The molecule has 0 N–H and O–H groups in total. The molecule has 7 aromatic carbocycles. The van der Waals surface area contributed by atoms with Gasteiger partial charge in [-0.2, -0.15) is 0 Å². The highest BCUT2D eigenvalue weighted by molar-refractivity contribution is 6.18. The first kappa shape index (κ1) is 28.9. The van der Waals surface area contributed by atoms with Crippen molar-refractivity contribution < 1.29 is 0 Å². The molecular weight excluding hydrogens is 605 g/mol. The van der Waals surface area contributed by atoms with Gasteiger partial charge in [-0.15, -0.1) is 0 Å². The van der Waals surface area contributed by atoms with Crippen LogP contribution in [-0.2, 0) is 0 Å². The summed E-state index contributed by atoms with van der Waals surface area (Å²) in [5.74, 6) is 0. The predicted molar refractivity (Wildman–Crippen MR) is 212 cm³/mol. The van der Waals surface area contributed by atoms with Gasteiger partial charge in [0, 0.05) is 22.5 Å². The van der Waals surface area contributed by atoms with Gasteiger partial charge in [0.25, 0.3) is 0 Å². The number of nitrogens with zero attached hydrogens (tertiary/aromatic N) is 2. The third-order valence-electron chi connectivity index (χ3n) is 11.3. The lowest BCUT2D eigenvalue weighted by Crippen LogP contribution is -1.97. The molecule has 9 aromatic rings. The summed E-state index contributed by atoms with van der Waals surface area (Å²) in [5.41, 5.74) is 19.3. The SMILES string of the molecule is Cc1cnc2c(ccc3c(C)c(C)c(-c4ccc5ccc(-c6ccc(-c7ccc8c9c(cccc79)-c7ccccc7-8)cc6)cc5c4)nc32)c1C. The molecule has 236 valence electrons. The average molecular weight is 639 g/mol. The van der Waals surface area contributed by atoms with Crippen molar-refractivity contribution in [2.45, 2.75) is 27.7 Å². The fourth-order valence-electron chi connectivity index (χ4n) is 8.23. The molecule has 0 radical (unpaired) electrons. The van der Waals surface area contributed by atoms with Gasteiger partial charge in [0.05, 0.1) is 16.7 Å². The van der Waals surface area contributed by atoms with Crippen LogP contribution >= 0.6 is 0 Å². The van der Waals surface area contributed by atoms with Crippen LogP contribution in [0.25, 0.3) is 99.1 Å². The highest BCUT2D eigenvalue weighted by Gasteiger charge is 2.22. The lowest BCUT2D eigenvalue weighted by atomic mass is 9.92. The summed E-state index contributed by atoms with van der Waals surface area (Å²) in [5, 5.41) is 7.44. The van der Waals surface area contributed by atoms with Crippen LogP contribution in [0.5, 0.6) is 0 Å². The number of rotatable bonds is 3. The topological polar surface area (TPSA) is 25.8 Å². The maximum atomic E-state index is 5.32. The van der Waals surface area contributed by atoms with Crippen molar-refractivity contribution in [2.24, 2.45) is 0 Å². The van der Waals surface area contributed by atoms with Crippen molar-refractivity contribution >= 4 is 43.4 Å². The Morgan fingerprint density at radius 1 is 0.400 bits per heavy atom. The van der Waals surface area contributed by atoms with Crippen molar-refractivity contribution in [2.75, 3.05) is 0 Å². The number of pyridine rings is 2. The van der Waals surface area contributed by atoms with Crippen molar-refractivity contribution in [1.29, 1.82) is 0 Å². The van der Waals surface area contributed by atoms with Gasteiger partial charge in [-0.05, 0) is 128 Å². The summed E-state index contributed by atoms with van der Waals surface area (Å²) in [7, 11) is 0. The Kier molecular flexibility index (Phi) is 6.17. The van der Waals surface area contributed by atoms with E-state index in [1.165, 1.54) is 99.1 Å². The molecule has 0 fully saturated rings. The quantitative estimate of drug-likeness (QED) is 0.180. The molecule has 0 aliphatic heterocycles. The van der Waals surface area contributed by atoms with Gasteiger partial charge in [0.15, 0.2) is 0 Å². The van der Waals surface area contributed by atoms with Gasteiger partial charge in [-0.3, -0.25) is 4.98 Å². The summed E-state index contributed by atoms with van der Waals surface area (Å²) in [6, 6.07) is 47.1. The molecule has 50 heavy (non-hydrogen) atoms. The lowest BCUT2D eigenvalue weighted by Gasteiger charge is -2.15. The number of benzene rings is 7. The number of hydrogen-bond acceptors (Lipinski definition) is 2. The third kappa shape index (κ3) is 4.15. The minimum Gasteiger partial charge on any atom is -0.254 e. The molecule has 0 saturated heterocycles. The van der Waals surface area contributed by atoms with E-state index in [0.29, 0.717) is 0 Å². The summed E-state index contributed by atoms with van der Waals surface area (Å²) in [4.78, 5) is 10.2. The molecule has 0 bridgehead atoms. The standard InChI is InChI=1S/C48H34N2/c1-27-26-49-47-37(28(27)2)20-21-38-29(3)30(4)46(50-48(38)47)35-19-15-32-14-18-34(24-36(32)25-35)31-12-16-33(17-13-31)39-22-23-44-41-9-6-5-8-40(41)43-11-7-10-42(39)45(43)44/h5-26H,1-4H3. The Morgan fingerprint density at radius 2 is 1.02 bits per heavy atom. The average Bonchev–Trinajstić information content (AvgIpc) is 3.49. The van der Waals surface area contributed by atoms with Gasteiger partial charge in [-0.25, -0.2) is 4.98 Å². The molecule has 10 rings (SSSR count). The molecule has 0 spiro atoms. The Labute approximate surface area is 291 Å². The number of aryl methyl sites for hydroxylation is 3. The molecule has 1 aliphatic carbocycles. The van der Waals surface area contributed by atoms with E-state index in [-0.39, 0.29) is 0 Å². The van der Waals surface area contributed by atoms with Crippen LogP contribution in [0.15, 0.2) is 134 Å². The lowest BCUT2D eigenvalue weighted by molar-refractivity contribution is 1.25. The van der Waals surface area contributed by atoms with Crippen LogP contribution in [0.4, 0.5) is 0 Å². The Hall–Kier alpha value is -6.12. The van der Waals surface area contributed by atoms with E-state index < -0.39 is 0 Å². The van der Waals surface area contributed by atoms with E-state index in [4.69, 9.17) is 9.97 Å². The molecule has 2 nitrogen and oxygen atoms in total. The van der Waals surface area contributed by atoms with Crippen LogP contribution in [0, 0.1) is 27.7 Å². The summed E-state index contributed by atoms with van der Waals surface area (Å²) >= 11 is 0. The van der Waals surface area contributed by atoms with E-state index in [9.17, 15) is 0 Å². The monoisotopic (exact) mass is 638 g/mol. The van der Waals surface area contributed by atoms with E-state index in [2.05, 4.69) is 155 Å². The van der Waals surface area contributed by atoms with E-state index in [1.807, 2.05) is 6.20 Å². The van der Waals surface area contributed by atoms with Gasteiger partial charge in [0.2, 0.25) is 0 Å². The van der Waals surface area contributed by atoms with Crippen LogP contribution in [0.2, 0.25) is 0 Å². The molecule has 0 amide bonds. The smallest absolute Gasteiger partial charge is 0.0975 e. The van der Waals surface area contributed by atoms with Gasteiger partial charge < -0.3 is 0 Å². The first-order valence-corrected chi connectivity index (χ1v) is 17.4. The molecule has 2 heterocycles. The largest absolute Gasteiger partial charge is 0.254 e. The second-order valence-electron chi connectivity index (χ2n) is 13.9. The summed E-state index contributed by atoms with van der Waals surface area (Å²) in [6.45, 7) is 8.70. The van der Waals surface area contributed by atoms with Crippen molar-refractivity contribution in [3.05, 3.63) is 156 Å². The molecule has 1 aliphatic rings. The molecule has 2 heteroatoms. The van der Waals surface area contributed by atoms with E-state index in [1.54, 1.807) is 0 Å². The number of fused-ring (bicyclic) bond motifs is 7. The summed E-state index contributed by atoms with van der Waals surface area (Å²) in [6.07, 6.45) is 1.98. The fraction of sp³-hybridized carbons (Fsp3) is 0.0833. The normalized spacial score (nSPS) is 12.0. The van der Waals surface area contributed by atoms with Crippen LogP contribution in [0.1, 0.15) is 22.3 Å². The van der Waals surface area contributed by atoms with Gasteiger partial charge in [-0.1, -0.05) is 115 Å². The fourth-order valence-corrected chi connectivity index (χ4v) is 8.23. The maximum Gasteiger partial charge on any atom is 0.0975 e. The van der Waals surface area contributed by atoms with Crippen molar-refractivity contribution in [3.63, 3.8) is 0 Å². The second kappa shape index (κ2) is 10.7. The first-order chi connectivity index (χ1) is 24.4. The third-order valence-corrected chi connectivity index (χ3v) is 11.3. The van der Waals surface area contributed by atoms with Crippen LogP contribution in [0.3, 0.4) is 0 Å². The van der Waals surface area contributed by atoms with Gasteiger partial charge >= 0.3 is 0 Å². The van der Waals surface area contributed by atoms with E-state index in [0.717, 1.165) is 22.3 Å². The maximum absolute atomic E-state index is 5.32. The molecule has 2 aromatic heterocycles. The highest BCUT2D eigenvalue weighted by atomic mass is 14.8. The minimum absolute atomic E-state index is 0.974. The summed E-state index contributed by atoms with van der Waals surface area (Å²) < 4.78 is 0. The Balaban J connectivity index is 1.04. The predicted octanol–water partition coefficient (Wildman–Crippen LogP) is 13.0. The second-order valence-corrected chi connectivity index (χ2v) is 13.9. The molecular formula is C48H34N2. The molecule has 0 atom stereocenters. The zero-order valence-electron chi connectivity index (χ0n) is 28.6. The zero-order valence-corrected chi connectivity index (χ0v) is 28.6. The molecule has 0 saturated carbocycles.